The molecular weight excluding hydrogens is 250 g/mol. The molecule has 20 heavy (non-hydrogen) atoms. The minimum absolute atomic E-state index is 0.221. The maximum atomic E-state index is 12.2. The predicted molar refractivity (Wildman–Crippen MR) is 80.3 cm³/mol. The fourth-order valence-electron chi connectivity index (χ4n) is 2.71. The van der Waals surface area contributed by atoms with E-state index in [0.29, 0.717) is 18.9 Å². The van der Waals surface area contributed by atoms with E-state index >= 15 is 0 Å². The molecule has 0 radical (unpaired) electrons. The Morgan fingerprint density at radius 3 is 3.05 bits per heavy atom. The van der Waals surface area contributed by atoms with E-state index in [1.165, 1.54) is 12.8 Å². The number of hydrogen-bond acceptors (Lipinski definition) is 3. The third kappa shape index (κ3) is 4.60. The molecular formula is C16H25N3O. The lowest BCUT2D eigenvalue weighted by molar-refractivity contribution is -0.130. The van der Waals surface area contributed by atoms with E-state index in [1.54, 1.807) is 4.90 Å². The second kappa shape index (κ2) is 7.39. The third-order valence-corrected chi connectivity index (χ3v) is 3.94. The Kier molecular flexibility index (Phi) is 5.53. The molecule has 1 aromatic rings. The number of carbonyl (C=O) groups is 1. The zero-order chi connectivity index (χ0) is 14.4. The number of nitrogens with one attached hydrogen (secondary N) is 1. The van der Waals surface area contributed by atoms with Crippen LogP contribution in [-0.4, -0.2) is 35.9 Å². The van der Waals surface area contributed by atoms with Crippen LogP contribution in [0.4, 0.5) is 0 Å². The number of rotatable bonds is 5. The quantitative estimate of drug-likeness (QED) is 0.895. The van der Waals surface area contributed by atoms with Crippen LogP contribution in [0.5, 0.6) is 0 Å². The highest BCUT2D eigenvalue weighted by atomic mass is 16.2. The van der Waals surface area contributed by atoms with Gasteiger partial charge in [0.15, 0.2) is 0 Å². The SMILES string of the molecule is Cc1cccc(CN(C)C(=O)CCC2CCCNC2)n1. The van der Waals surface area contributed by atoms with Crippen LogP contribution in [0.25, 0.3) is 0 Å². The molecule has 4 nitrogen and oxygen atoms in total. The van der Waals surface area contributed by atoms with Crippen LogP contribution in [0.15, 0.2) is 18.2 Å². The maximum Gasteiger partial charge on any atom is 0.222 e. The summed E-state index contributed by atoms with van der Waals surface area (Å²) in [5, 5.41) is 3.40. The second-order valence-corrected chi connectivity index (χ2v) is 5.77. The Morgan fingerprint density at radius 1 is 1.50 bits per heavy atom. The molecule has 1 unspecified atom stereocenters. The molecule has 1 aliphatic heterocycles. The summed E-state index contributed by atoms with van der Waals surface area (Å²) in [7, 11) is 1.87. The summed E-state index contributed by atoms with van der Waals surface area (Å²) < 4.78 is 0. The van der Waals surface area contributed by atoms with Gasteiger partial charge in [0.25, 0.3) is 0 Å². The first-order valence-electron chi connectivity index (χ1n) is 7.52. The van der Waals surface area contributed by atoms with Gasteiger partial charge in [-0.15, -0.1) is 0 Å². The second-order valence-electron chi connectivity index (χ2n) is 5.77. The number of aryl methyl sites for hydroxylation is 1. The number of nitrogens with zero attached hydrogens (tertiary/aromatic N) is 2. The minimum atomic E-state index is 0.221. The summed E-state index contributed by atoms with van der Waals surface area (Å²) in [5.41, 5.74) is 1.96. The highest BCUT2D eigenvalue weighted by Gasteiger charge is 2.16. The van der Waals surface area contributed by atoms with Gasteiger partial charge in [0.05, 0.1) is 12.2 Å². The number of hydrogen-bond donors (Lipinski definition) is 1. The van der Waals surface area contributed by atoms with Crippen molar-refractivity contribution in [3.63, 3.8) is 0 Å². The van der Waals surface area contributed by atoms with Gasteiger partial charge < -0.3 is 10.2 Å². The molecule has 0 saturated carbocycles. The summed E-state index contributed by atoms with van der Waals surface area (Å²) in [6, 6.07) is 5.94. The van der Waals surface area contributed by atoms with Gasteiger partial charge in [-0.05, 0) is 57.3 Å². The van der Waals surface area contributed by atoms with Crippen LogP contribution in [-0.2, 0) is 11.3 Å². The topological polar surface area (TPSA) is 45.2 Å². The summed E-state index contributed by atoms with van der Waals surface area (Å²) in [6.45, 7) is 4.77. The van der Waals surface area contributed by atoms with Crippen molar-refractivity contribution in [2.24, 2.45) is 5.92 Å². The number of pyridine rings is 1. The molecule has 0 aliphatic carbocycles. The number of aromatic nitrogens is 1. The Morgan fingerprint density at radius 2 is 2.35 bits per heavy atom. The van der Waals surface area contributed by atoms with Crippen LogP contribution in [0.3, 0.4) is 0 Å². The molecule has 0 spiro atoms. The van der Waals surface area contributed by atoms with Gasteiger partial charge in [-0.2, -0.15) is 0 Å². The van der Waals surface area contributed by atoms with E-state index in [2.05, 4.69) is 10.3 Å². The Bertz CT molecular complexity index is 441. The zero-order valence-corrected chi connectivity index (χ0v) is 12.6. The van der Waals surface area contributed by atoms with E-state index in [1.807, 2.05) is 32.2 Å². The average Bonchev–Trinajstić information content (AvgIpc) is 2.46. The summed E-state index contributed by atoms with van der Waals surface area (Å²) in [5.74, 6) is 0.886. The first-order chi connectivity index (χ1) is 9.65. The van der Waals surface area contributed by atoms with Crippen molar-refractivity contribution in [2.45, 2.75) is 39.2 Å². The lowest BCUT2D eigenvalue weighted by Crippen LogP contribution is -2.31. The molecule has 0 aromatic carbocycles. The van der Waals surface area contributed by atoms with Gasteiger partial charge in [-0.3, -0.25) is 9.78 Å². The molecule has 2 rings (SSSR count). The van der Waals surface area contributed by atoms with Crippen LogP contribution in [0.1, 0.15) is 37.1 Å². The normalized spacial score (nSPS) is 18.8. The van der Waals surface area contributed by atoms with E-state index < -0.39 is 0 Å². The molecule has 1 atom stereocenters. The van der Waals surface area contributed by atoms with Crippen molar-refractivity contribution in [1.29, 1.82) is 0 Å². The molecule has 0 bridgehead atoms. The van der Waals surface area contributed by atoms with Gasteiger partial charge in [0.1, 0.15) is 0 Å². The fourth-order valence-corrected chi connectivity index (χ4v) is 2.71. The lowest BCUT2D eigenvalue weighted by Gasteiger charge is -2.23. The molecule has 1 saturated heterocycles. The van der Waals surface area contributed by atoms with Crippen LogP contribution < -0.4 is 5.32 Å². The molecule has 1 N–H and O–H groups in total. The Hall–Kier alpha value is -1.42. The van der Waals surface area contributed by atoms with Crippen LogP contribution in [0, 0.1) is 12.8 Å². The number of carbonyl (C=O) groups excluding carboxylic acids is 1. The van der Waals surface area contributed by atoms with Crippen LogP contribution in [0.2, 0.25) is 0 Å². The van der Waals surface area contributed by atoms with Crippen molar-refractivity contribution >= 4 is 5.91 Å². The minimum Gasteiger partial charge on any atom is -0.340 e. The third-order valence-electron chi connectivity index (χ3n) is 3.94. The Labute approximate surface area is 121 Å². The molecule has 4 heteroatoms. The highest BCUT2D eigenvalue weighted by molar-refractivity contribution is 5.75. The van der Waals surface area contributed by atoms with Gasteiger partial charge in [0.2, 0.25) is 5.91 Å². The molecule has 1 aliphatic rings. The Balaban J connectivity index is 1.76. The van der Waals surface area contributed by atoms with E-state index in [9.17, 15) is 4.79 Å². The molecule has 2 heterocycles. The van der Waals surface area contributed by atoms with Crippen molar-refractivity contribution in [2.75, 3.05) is 20.1 Å². The summed E-state index contributed by atoms with van der Waals surface area (Å²) in [6.07, 6.45) is 4.14. The van der Waals surface area contributed by atoms with E-state index in [-0.39, 0.29) is 5.91 Å². The molecule has 110 valence electrons. The van der Waals surface area contributed by atoms with Crippen LogP contribution >= 0.6 is 0 Å². The van der Waals surface area contributed by atoms with Gasteiger partial charge in [-0.1, -0.05) is 6.07 Å². The molecule has 1 aromatic heterocycles. The monoisotopic (exact) mass is 275 g/mol. The number of amides is 1. The maximum absolute atomic E-state index is 12.2. The fraction of sp³-hybridized carbons (Fsp3) is 0.625. The van der Waals surface area contributed by atoms with Gasteiger partial charge >= 0.3 is 0 Å². The van der Waals surface area contributed by atoms with Crippen molar-refractivity contribution in [3.8, 4) is 0 Å². The van der Waals surface area contributed by atoms with Crippen molar-refractivity contribution in [3.05, 3.63) is 29.6 Å². The predicted octanol–water partition coefficient (Wildman–Crippen LogP) is 2.13. The summed E-state index contributed by atoms with van der Waals surface area (Å²) in [4.78, 5) is 18.4. The largest absolute Gasteiger partial charge is 0.340 e. The smallest absolute Gasteiger partial charge is 0.222 e. The van der Waals surface area contributed by atoms with E-state index in [4.69, 9.17) is 0 Å². The first-order valence-corrected chi connectivity index (χ1v) is 7.52. The highest BCUT2D eigenvalue weighted by Crippen LogP contribution is 2.16. The first kappa shape index (κ1) is 15.0. The lowest BCUT2D eigenvalue weighted by atomic mass is 9.94. The standard InChI is InChI=1S/C16H25N3O/c1-13-5-3-7-15(18-13)12-19(2)16(20)9-8-14-6-4-10-17-11-14/h3,5,7,14,17H,4,6,8-12H2,1-2H3. The molecule has 1 fully saturated rings. The van der Waals surface area contributed by atoms with Gasteiger partial charge in [0, 0.05) is 19.2 Å². The number of piperidine rings is 1. The van der Waals surface area contributed by atoms with Crippen molar-refractivity contribution in [1.82, 2.24) is 15.2 Å². The van der Waals surface area contributed by atoms with Gasteiger partial charge in [-0.25, -0.2) is 0 Å². The average molecular weight is 275 g/mol. The zero-order valence-electron chi connectivity index (χ0n) is 12.6. The van der Waals surface area contributed by atoms with E-state index in [0.717, 1.165) is 30.9 Å². The van der Waals surface area contributed by atoms with Crippen molar-refractivity contribution < 1.29 is 4.79 Å². The summed E-state index contributed by atoms with van der Waals surface area (Å²) >= 11 is 0. The molecule has 1 amide bonds.